The quantitative estimate of drug-likeness (QED) is 0.720. The lowest BCUT2D eigenvalue weighted by atomic mass is 9.87. The maximum Gasteiger partial charge on any atom is 0.388 e. The first-order valence-electron chi connectivity index (χ1n) is 9.15. The minimum Gasteiger partial charge on any atom is -0.413 e. The van der Waals surface area contributed by atoms with E-state index in [-0.39, 0.29) is 23.2 Å². The summed E-state index contributed by atoms with van der Waals surface area (Å²) in [6.07, 6.45) is 10.0. The molecule has 3 heterocycles. The molecule has 0 spiro atoms. The Morgan fingerprint density at radius 2 is 2.11 bits per heavy atom. The van der Waals surface area contributed by atoms with Crippen molar-refractivity contribution in [2.45, 2.75) is 45.3 Å². The fraction of sp³-hybridized carbons (Fsp3) is 0.444. The molecule has 0 atom stereocenters. The van der Waals surface area contributed by atoms with Crippen molar-refractivity contribution in [3.05, 3.63) is 36.4 Å². The molecule has 3 aromatic rings. The molecule has 10 heteroatoms. The molecule has 1 fully saturated rings. The van der Waals surface area contributed by atoms with Crippen LogP contribution in [0, 0.1) is 5.92 Å². The lowest BCUT2D eigenvalue weighted by Gasteiger charge is -2.26. The predicted octanol–water partition coefficient (Wildman–Crippen LogP) is 3.53. The average molecular weight is 390 g/mol. The molecule has 0 radical (unpaired) electrons. The zero-order valence-electron chi connectivity index (χ0n) is 15.3. The van der Waals surface area contributed by atoms with Crippen molar-refractivity contribution >= 4 is 17.2 Å². The van der Waals surface area contributed by atoms with Crippen LogP contribution in [0.5, 0.6) is 5.88 Å². The molecule has 8 nitrogen and oxygen atoms in total. The molecule has 0 unspecified atom stereocenters. The highest BCUT2D eigenvalue weighted by molar-refractivity contribution is 6.08. The summed E-state index contributed by atoms with van der Waals surface area (Å²) >= 11 is 0. The summed E-state index contributed by atoms with van der Waals surface area (Å²) in [5.74, 6) is -0.179. The Balaban J connectivity index is 1.59. The molecule has 1 amide bonds. The highest BCUT2D eigenvalue weighted by atomic mass is 19.3. The van der Waals surface area contributed by atoms with Crippen molar-refractivity contribution in [2.75, 3.05) is 5.32 Å². The maximum atomic E-state index is 12.8. The fourth-order valence-corrected chi connectivity index (χ4v) is 3.50. The molecule has 1 saturated carbocycles. The minimum absolute atomic E-state index is 0.0965. The van der Waals surface area contributed by atoms with Crippen molar-refractivity contribution in [1.29, 1.82) is 0 Å². The molecule has 0 aromatic carbocycles. The first-order valence-corrected chi connectivity index (χ1v) is 9.15. The number of hydrogen-bond donors (Lipinski definition) is 1. The number of carbonyl (C=O) groups is 1. The van der Waals surface area contributed by atoms with E-state index in [0.717, 1.165) is 25.7 Å². The van der Waals surface area contributed by atoms with Gasteiger partial charge < -0.3 is 10.1 Å². The number of rotatable bonds is 5. The smallest absolute Gasteiger partial charge is 0.388 e. The van der Waals surface area contributed by atoms with Crippen LogP contribution in [-0.4, -0.2) is 36.9 Å². The van der Waals surface area contributed by atoms with E-state index in [1.165, 1.54) is 10.7 Å². The second-order valence-corrected chi connectivity index (χ2v) is 7.02. The highest BCUT2D eigenvalue weighted by Crippen LogP contribution is 2.34. The normalized spacial score (nSPS) is 19.9. The summed E-state index contributed by atoms with van der Waals surface area (Å²) in [6.45, 7) is -0.843. The van der Waals surface area contributed by atoms with Gasteiger partial charge in [-0.2, -0.15) is 13.9 Å². The zero-order chi connectivity index (χ0) is 19.7. The van der Waals surface area contributed by atoms with Crippen LogP contribution in [0.25, 0.3) is 5.65 Å². The number of anilines is 1. The molecule has 1 aliphatic rings. The molecule has 1 N–H and O–H groups in total. The number of halogens is 2. The Morgan fingerprint density at radius 3 is 2.86 bits per heavy atom. The average Bonchev–Trinajstić information content (AvgIpc) is 3.26. The Kier molecular flexibility index (Phi) is 4.93. The van der Waals surface area contributed by atoms with E-state index in [0.29, 0.717) is 11.6 Å². The number of nitrogens with one attached hydrogen (secondary N) is 1. The maximum absolute atomic E-state index is 12.8. The zero-order valence-corrected chi connectivity index (χ0v) is 15.3. The largest absolute Gasteiger partial charge is 0.413 e. The topological polar surface area (TPSA) is 86.3 Å². The number of nitrogens with zero attached hydrogens (tertiary/aromatic N) is 5. The Labute approximate surface area is 159 Å². The van der Waals surface area contributed by atoms with Crippen LogP contribution in [0.3, 0.4) is 0 Å². The number of carbonyl (C=O) groups excluding carboxylic acids is 1. The summed E-state index contributed by atoms with van der Waals surface area (Å²) in [6, 6.07) is 1.78. The van der Waals surface area contributed by atoms with Crippen LogP contribution < -0.4 is 10.1 Å². The van der Waals surface area contributed by atoms with E-state index >= 15 is 0 Å². The van der Waals surface area contributed by atoms with E-state index in [1.807, 2.05) is 0 Å². The Hall–Kier alpha value is -3.04. The van der Waals surface area contributed by atoms with Gasteiger partial charge in [0.25, 0.3) is 11.8 Å². The van der Waals surface area contributed by atoms with Gasteiger partial charge in [0.2, 0.25) is 0 Å². The summed E-state index contributed by atoms with van der Waals surface area (Å²) < 4.78 is 33.2. The van der Waals surface area contributed by atoms with Crippen LogP contribution in [0.15, 0.2) is 30.9 Å². The second kappa shape index (κ2) is 7.53. The van der Waals surface area contributed by atoms with E-state index in [9.17, 15) is 13.6 Å². The van der Waals surface area contributed by atoms with E-state index in [2.05, 4.69) is 32.2 Å². The van der Waals surface area contributed by atoms with Gasteiger partial charge in [-0.3, -0.25) is 9.48 Å². The van der Waals surface area contributed by atoms with Crippen LogP contribution >= 0.6 is 0 Å². The highest BCUT2D eigenvalue weighted by Gasteiger charge is 2.25. The standard InChI is InChI=1S/C18H20F2N6O2/c1-11-3-5-12(6-4-11)26-10-14(17(24-26)28-18(19)20)23-16(27)13-9-22-25-8-2-7-21-15(13)25/h2,7-12,18H,3-6H2,1H3,(H,23,27)/t11-,12-. The third-order valence-electron chi connectivity index (χ3n) is 5.03. The Morgan fingerprint density at radius 1 is 1.32 bits per heavy atom. The van der Waals surface area contributed by atoms with Gasteiger partial charge in [0.05, 0.1) is 18.4 Å². The number of fused-ring (bicyclic) bond motifs is 1. The molecular formula is C18H20F2N6O2. The van der Waals surface area contributed by atoms with E-state index in [4.69, 9.17) is 0 Å². The number of amides is 1. The number of aromatic nitrogens is 5. The lowest BCUT2D eigenvalue weighted by molar-refractivity contribution is -0.0529. The summed E-state index contributed by atoms with van der Waals surface area (Å²) in [4.78, 5) is 16.8. The van der Waals surface area contributed by atoms with Gasteiger partial charge in [-0.25, -0.2) is 9.50 Å². The first kappa shape index (κ1) is 18.3. The van der Waals surface area contributed by atoms with Gasteiger partial charge in [-0.15, -0.1) is 5.10 Å². The van der Waals surface area contributed by atoms with Crippen molar-refractivity contribution in [3.8, 4) is 5.88 Å². The Bertz CT molecular complexity index is 978. The van der Waals surface area contributed by atoms with E-state index < -0.39 is 12.5 Å². The van der Waals surface area contributed by atoms with Crippen LogP contribution in [0.1, 0.15) is 49.0 Å². The summed E-state index contributed by atoms with van der Waals surface area (Å²) in [5.41, 5.74) is 0.687. The predicted molar refractivity (Wildman–Crippen MR) is 96.5 cm³/mol. The van der Waals surface area contributed by atoms with E-state index in [1.54, 1.807) is 29.3 Å². The van der Waals surface area contributed by atoms with Crippen molar-refractivity contribution < 1.29 is 18.3 Å². The number of alkyl halides is 2. The van der Waals surface area contributed by atoms with Crippen molar-refractivity contribution in [2.24, 2.45) is 5.92 Å². The van der Waals surface area contributed by atoms with Crippen LogP contribution in [0.4, 0.5) is 14.5 Å². The molecular weight excluding hydrogens is 370 g/mol. The third kappa shape index (κ3) is 3.67. The molecule has 0 aliphatic heterocycles. The molecule has 3 aromatic heterocycles. The SMILES string of the molecule is C[C@H]1CC[C@H](n2cc(NC(=O)c3cnn4cccnc34)c(OC(F)F)n2)CC1. The first-order chi connectivity index (χ1) is 13.5. The summed E-state index contributed by atoms with van der Waals surface area (Å²) in [5, 5.41) is 10.8. The van der Waals surface area contributed by atoms with Gasteiger partial charge in [-0.1, -0.05) is 6.92 Å². The van der Waals surface area contributed by atoms with Gasteiger partial charge >= 0.3 is 6.61 Å². The van der Waals surface area contributed by atoms with Crippen molar-refractivity contribution in [1.82, 2.24) is 24.4 Å². The molecule has 0 saturated heterocycles. The minimum atomic E-state index is -3.04. The molecule has 148 valence electrons. The monoisotopic (exact) mass is 390 g/mol. The fourth-order valence-electron chi connectivity index (χ4n) is 3.50. The van der Waals surface area contributed by atoms with Gasteiger partial charge in [0.1, 0.15) is 11.3 Å². The van der Waals surface area contributed by atoms with Gasteiger partial charge in [-0.05, 0) is 37.7 Å². The molecule has 4 rings (SSSR count). The van der Waals surface area contributed by atoms with Gasteiger partial charge in [0, 0.05) is 12.4 Å². The van der Waals surface area contributed by atoms with Crippen molar-refractivity contribution in [3.63, 3.8) is 0 Å². The molecule has 28 heavy (non-hydrogen) atoms. The summed E-state index contributed by atoms with van der Waals surface area (Å²) in [7, 11) is 0. The lowest BCUT2D eigenvalue weighted by Crippen LogP contribution is -2.17. The van der Waals surface area contributed by atoms with Crippen LogP contribution in [0.2, 0.25) is 0 Å². The van der Waals surface area contributed by atoms with Gasteiger partial charge in [0.15, 0.2) is 5.65 Å². The molecule has 1 aliphatic carbocycles. The number of hydrogen-bond acceptors (Lipinski definition) is 5. The van der Waals surface area contributed by atoms with Crippen LogP contribution in [-0.2, 0) is 0 Å². The third-order valence-corrected chi connectivity index (χ3v) is 5.03. The molecule has 0 bridgehead atoms. The number of ether oxygens (including phenoxy) is 1. The second-order valence-electron chi connectivity index (χ2n) is 7.02.